The molecule has 0 N–H and O–H groups in total. The predicted molar refractivity (Wildman–Crippen MR) is 68.0 cm³/mol. The molecule has 0 saturated carbocycles. The van der Waals surface area contributed by atoms with Crippen LogP contribution in [0.15, 0.2) is 30.3 Å². The van der Waals surface area contributed by atoms with Crippen molar-refractivity contribution in [2.45, 2.75) is 11.8 Å². The summed E-state index contributed by atoms with van der Waals surface area (Å²) in [6.07, 6.45) is 3.49. The van der Waals surface area contributed by atoms with Crippen molar-refractivity contribution in [1.29, 1.82) is 0 Å². The molecule has 3 rings (SSSR count). The Morgan fingerprint density at radius 1 is 1.24 bits per heavy atom. The number of allylic oxidation sites excluding steroid dienone is 1. The highest BCUT2D eigenvalue weighted by atomic mass is 16.5. The third kappa shape index (κ3) is 1.41. The Morgan fingerprint density at radius 3 is 2.82 bits per heavy atom. The lowest BCUT2D eigenvalue weighted by Crippen LogP contribution is -2.37. The third-order valence-electron chi connectivity index (χ3n) is 4.18. The van der Waals surface area contributed by atoms with Crippen molar-refractivity contribution >= 4 is 5.57 Å². The predicted octanol–water partition coefficient (Wildman–Crippen LogP) is 2.63. The lowest BCUT2D eigenvalue weighted by Gasteiger charge is -2.34. The highest BCUT2D eigenvalue weighted by Crippen LogP contribution is 2.56. The van der Waals surface area contributed by atoms with E-state index in [1.165, 1.54) is 16.7 Å². The molecule has 1 aromatic rings. The Balaban J connectivity index is 2.08. The average molecular weight is 230 g/mol. The molecule has 2 aliphatic carbocycles. The van der Waals surface area contributed by atoms with E-state index in [0.717, 1.165) is 19.6 Å². The zero-order valence-corrected chi connectivity index (χ0v) is 10.4. The van der Waals surface area contributed by atoms with Crippen LogP contribution < -0.4 is 0 Å². The first-order valence-electron chi connectivity index (χ1n) is 6.10. The molecular weight excluding hydrogens is 212 g/mol. The van der Waals surface area contributed by atoms with Gasteiger partial charge in [0.25, 0.3) is 0 Å². The lowest BCUT2D eigenvalue weighted by atomic mass is 9.73. The molecule has 1 aromatic carbocycles. The number of hydrogen-bond acceptors (Lipinski definition) is 2. The van der Waals surface area contributed by atoms with Crippen LogP contribution in [0.4, 0.5) is 0 Å². The molecule has 2 heteroatoms. The molecule has 2 bridgehead atoms. The molecule has 0 amide bonds. The molecule has 0 heterocycles. The second-order valence-electron chi connectivity index (χ2n) is 5.07. The fourth-order valence-electron chi connectivity index (χ4n) is 3.49. The quantitative estimate of drug-likeness (QED) is 0.791. The van der Waals surface area contributed by atoms with Gasteiger partial charge in [-0.15, -0.1) is 0 Å². The average Bonchev–Trinajstić information content (AvgIpc) is 2.84. The molecule has 2 atom stereocenters. The van der Waals surface area contributed by atoms with Gasteiger partial charge in [-0.1, -0.05) is 30.3 Å². The smallest absolute Gasteiger partial charge is 0.0569 e. The molecule has 90 valence electrons. The normalized spacial score (nSPS) is 29.3. The van der Waals surface area contributed by atoms with Crippen LogP contribution in [-0.4, -0.2) is 27.4 Å². The number of methoxy groups -OCH3 is 2. The fraction of sp³-hybridized carbons (Fsp3) is 0.467. The minimum absolute atomic E-state index is 0.122. The van der Waals surface area contributed by atoms with Crippen molar-refractivity contribution in [3.05, 3.63) is 41.5 Å². The van der Waals surface area contributed by atoms with Crippen molar-refractivity contribution in [3.63, 3.8) is 0 Å². The second kappa shape index (κ2) is 3.97. The van der Waals surface area contributed by atoms with Gasteiger partial charge in [0, 0.05) is 25.6 Å². The van der Waals surface area contributed by atoms with Crippen molar-refractivity contribution < 1.29 is 9.47 Å². The highest BCUT2D eigenvalue weighted by molar-refractivity contribution is 5.80. The zero-order chi connectivity index (χ0) is 11.9. The number of rotatable bonds is 4. The molecule has 0 aromatic heterocycles. The van der Waals surface area contributed by atoms with Crippen LogP contribution in [0.1, 0.15) is 17.5 Å². The molecule has 0 aliphatic heterocycles. The van der Waals surface area contributed by atoms with Crippen molar-refractivity contribution in [3.8, 4) is 0 Å². The third-order valence-corrected chi connectivity index (χ3v) is 4.18. The first-order valence-corrected chi connectivity index (χ1v) is 6.10. The van der Waals surface area contributed by atoms with E-state index < -0.39 is 0 Å². The van der Waals surface area contributed by atoms with Gasteiger partial charge in [-0.3, -0.25) is 0 Å². The molecular formula is C15H18O2. The summed E-state index contributed by atoms with van der Waals surface area (Å²) in [5.74, 6) is 0.456. The highest BCUT2D eigenvalue weighted by Gasteiger charge is 2.50. The Morgan fingerprint density at radius 2 is 2.06 bits per heavy atom. The maximum Gasteiger partial charge on any atom is 0.0569 e. The van der Waals surface area contributed by atoms with Crippen LogP contribution >= 0.6 is 0 Å². The lowest BCUT2D eigenvalue weighted by molar-refractivity contribution is 0.0741. The van der Waals surface area contributed by atoms with Gasteiger partial charge >= 0.3 is 0 Å². The maximum absolute atomic E-state index is 5.49. The molecule has 2 unspecified atom stereocenters. The van der Waals surface area contributed by atoms with Gasteiger partial charge in [-0.25, -0.2) is 0 Å². The largest absolute Gasteiger partial charge is 0.384 e. The Labute approximate surface area is 102 Å². The molecule has 0 spiro atoms. The summed E-state index contributed by atoms with van der Waals surface area (Å²) in [6.45, 7) is 1.55. The van der Waals surface area contributed by atoms with Gasteiger partial charge in [0.05, 0.1) is 13.2 Å². The minimum atomic E-state index is 0.122. The molecule has 17 heavy (non-hydrogen) atoms. The standard InChI is InChI=1S/C15H18O2/c1-16-9-12-7-11-8-15(12,10-17-2)14-6-4-3-5-13(11)14/h3-7,12H,8-10H2,1-2H3. The zero-order valence-electron chi connectivity index (χ0n) is 10.4. The summed E-state index contributed by atoms with van der Waals surface area (Å²) in [6, 6.07) is 8.71. The van der Waals surface area contributed by atoms with Crippen LogP contribution in [-0.2, 0) is 14.9 Å². The Kier molecular flexibility index (Phi) is 2.57. The number of ether oxygens (including phenoxy) is 2. The monoisotopic (exact) mass is 230 g/mol. The maximum atomic E-state index is 5.49. The summed E-state index contributed by atoms with van der Waals surface area (Å²) in [5, 5.41) is 0. The van der Waals surface area contributed by atoms with Crippen LogP contribution in [0.5, 0.6) is 0 Å². The topological polar surface area (TPSA) is 18.5 Å². The van der Waals surface area contributed by atoms with E-state index in [0.29, 0.717) is 5.92 Å². The number of fused-ring (bicyclic) bond motifs is 5. The molecule has 0 fully saturated rings. The van der Waals surface area contributed by atoms with Gasteiger partial charge in [0.15, 0.2) is 0 Å². The van der Waals surface area contributed by atoms with Crippen molar-refractivity contribution in [2.75, 3.05) is 27.4 Å². The van der Waals surface area contributed by atoms with E-state index in [1.54, 1.807) is 14.2 Å². The summed E-state index contributed by atoms with van der Waals surface area (Å²) < 4.78 is 10.9. The summed E-state index contributed by atoms with van der Waals surface area (Å²) >= 11 is 0. The van der Waals surface area contributed by atoms with Gasteiger partial charge in [0.1, 0.15) is 0 Å². The summed E-state index contributed by atoms with van der Waals surface area (Å²) in [5.41, 5.74) is 4.45. The van der Waals surface area contributed by atoms with Gasteiger partial charge in [0.2, 0.25) is 0 Å². The summed E-state index contributed by atoms with van der Waals surface area (Å²) in [7, 11) is 3.56. The van der Waals surface area contributed by atoms with E-state index in [9.17, 15) is 0 Å². The number of hydrogen-bond donors (Lipinski definition) is 0. The van der Waals surface area contributed by atoms with Gasteiger partial charge in [-0.05, 0) is 23.1 Å². The molecule has 0 radical (unpaired) electrons. The van der Waals surface area contributed by atoms with E-state index in [2.05, 4.69) is 30.3 Å². The van der Waals surface area contributed by atoms with E-state index in [-0.39, 0.29) is 5.41 Å². The summed E-state index contributed by atoms with van der Waals surface area (Å²) in [4.78, 5) is 0. The second-order valence-corrected chi connectivity index (χ2v) is 5.07. The van der Waals surface area contributed by atoms with Crippen LogP contribution in [0.25, 0.3) is 5.57 Å². The van der Waals surface area contributed by atoms with Crippen LogP contribution in [0, 0.1) is 5.92 Å². The molecule has 2 aliphatic rings. The van der Waals surface area contributed by atoms with Crippen LogP contribution in [0.3, 0.4) is 0 Å². The van der Waals surface area contributed by atoms with Gasteiger partial charge < -0.3 is 9.47 Å². The van der Waals surface area contributed by atoms with E-state index in [4.69, 9.17) is 9.47 Å². The van der Waals surface area contributed by atoms with Crippen LogP contribution in [0.2, 0.25) is 0 Å². The Bertz CT molecular complexity index is 464. The van der Waals surface area contributed by atoms with Crippen molar-refractivity contribution in [1.82, 2.24) is 0 Å². The van der Waals surface area contributed by atoms with Crippen molar-refractivity contribution in [2.24, 2.45) is 5.92 Å². The minimum Gasteiger partial charge on any atom is -0.384 e. The van der Waals surface area contributed by atoms with Gasteiger partial charge in [-0.2, -0.15) is 0 Å². The fourth-order valence-corrected chi connectivity index (χ4v) is 3.49. The Hall–Kier alpha value is -1.12. The number of benzene rings is 1. The van der Waals surface area contributed by atoms with E-state index >= 15 is 0 Å². The first kappa shape index (κ1) is 11.0. The van der Waals surface area contributed by atoms with E-state index in [1.807, 2.05) is 0 Å². The molecule has 2 nitrogen and oxygen atoms in total. The first-order chi connectivity index (χ1) is 8.31. The molecule has 0 saturated heterocycles. The SMILES string of the molecule is COCC1C=C2CC1(COC)c1ccccc12.